The van der Waals surface area contributed by atoms with Gasteiger partial charge in [-0.05, 0) is 25.9 Å². The summed E-state index contributed by atoms with van der Waals surface area (Å²) < 4.78 is 0. The number of carbonyl (C=O) groups excluding carboxylic acids is 1. The van der Waals surface area contributed by atoms with Crippen molar-refractivity contribution in [3.05, 3.63) is 0 Å². The Kier molecular flexibility index (Phi) is 6.00. The molecule has 0 spiro atoms. The van der Waals surface area contributed by atoms with Gasteiger partial charge in [0.2, 0.25) is 5.91 Å². The number of carbonyl (C=O) groups is 2. The Morgan fingerprint density at radius 3 is 2.17 bits per heavy atom. The average Bonchev–Trinajstić information content (AvgIpc) is 2.07. The van der Waals surface area contributed by atoms with Crippen molar-refractivity contribution in [1.29, 1.82) is 0 Å². The maximum absolute atomic E-state index is 10.5. The van der Waals surface area contributed by atoms with Crippen LogP contribution in [0.4, 0.5) is 0 Å². The molecule has 1 aliphatic rings. The second-order valence-corrected chi connectivity index (χ2v) is 2.53. The average molecular weight is 174 g/mol. The molecule has 0 aromatic rings. The third kappa shape index (κ3) is 4.68. The summed E-state index contributed by atoms with van der Waals surface area (Å²) in [7, 11) is 0. The van der Waals surface area contributed by atoms with Crippen LogP contribution >= 0.6 is 0 Å². The van der Waals surface area contributed by atoms with Gasteiger partial charge in [0.15, 0.2) is 0 Å². The number of rotatable bonds is 1. The van der Waals surface area contributed by atoms with Crippen molar-refractivity contribution in [2.45, 2.75) is 12.8 Å². The monoisotopic (exact) mass is 174 g/mol. The predicted molar refractivity (Wildman–Crippen MR) is 43.5 cm³/mol. The zero-order valence-electron chi connectivity index (χ0n) is 6.82. The van der Waals surface area contributed by atoms with Crippen LogP contribution in [0.5, 0.6) is 0 Å². The normalized spacial score (nSPS) is 17.3. The Labute approximate surface area is 70.9 Å². The van der Waals surface area contributed by atoms with Crippen LogP contribution in [-0.4, -0.2) is 30.6 Å². The SMILES string of the molecule is NC(=O)C1CCNCC1.O=CO. The standard InChI is InChI=1S/C6H12N2O.CH2O2/c7-6(9)5-1-3-8-4-2-5;2-1-3/h5,8H,1-4H2,(H2,7,9);1H,(H,2,3). The summed E-state index contributed by atoms with van der Waals surface area (Å²) in [4.78, 5) is 18.9. The molecule has 0 radical (unpaired) electrons. The topological polar surface area (TPSA) is 92.4 Å². The molecule has 0 bridgehead atoms. The highest BCUT2D eigenvalue weighted by Gasteiger charge is 2.17. The Balaban J connectivity index is 0.000000354. The van der Waals surface area contributed by atoms with Crippen molar-refractivity contribution in [2.24, 2.45) is 11.7 Å². The van der Waals surface area contributed by atoms with Crippen LogP contribution < -0.4 is 11.1 Å². The maximum Gasteiger partial charge on any atom is 0.290 e. The molecule has 12 heavy (non-hydrogen) atoms. The molecule has 0 aliphatic carbocycles. The largest absolute Gasteiger partial charge is 0.483 e. The van der Waals surface area contributed by atoms with Crippen molar-refractivity contribution >= 4 is 12.4 Å². The Morgan fingerprint density at radius 1 is 1.50 bits per heavy atom. The molecule has 1 amide bonds. The van der Waals surface area contributed by atoms with Crippen LogP contribution in [0.25, 0.3) is 0 Å². The molecule has 0 aromatic heterocycles. The number of nitrogens with one attached hydrogen (secondary N) is 1. The van der Waals surface area contributed by atoms with Gasteiger partial charge in [-0.25, -0.2) is 0 Å². The molecule has 1 heterocycles. The molecule has 70 valence electrons. The number of hydrogen-bond acceptors (Lipinski definition) is 3. The van der Waals surface area contributed by atoms with E-state index in [1.807, 2.05) is 0 Å². The van der Waals surface area contributed by atoms with Crippen molar-refractivity contribution in [2.75, 3.05) is 13.1 Å². The molecule has 0 aromatic carbocycles. The lowest BCUT2D eigenvalue weighted by Crippen LogP contribution is -2.34. The summed E-state index contributed by atoms with van der Waals surface area (Å²) in [5, 5.41) is 10.1. The summed E-state index contributed by atoms with van der Waals surface area (Å²) in [6, 6.07) is 0. The first-order chi connectivity index (χ1) is 5.72. The number of primary amides is 1. The molecule has 0 atom stereocenters. The molecule has 1 saturated heterocycles. The first-order valence-corrected chi connectivity index (χ1v) is 3.80. The van der Waals surface area contributed by atoms with E-state index in [-0.39, 0.29) is 18.3 Å². The number of nitrogens with two attached hydrogens (primary N) is 1. The number of carboxylic acid groups (broad SMARTS) is 1. The Morgan fingerprint density at radius 2 is 1.92 bits per heavy atom. The molecule has 5 heteroatoms. The van der Waals surface area contributed by atoms with Crippen molar-refractivity contribution < 1.29 is 14.7 Å². The van der Waals surface area contributed by atoms with Crippen LogP contribution in [0, 0.1) is 5.92 Å². The lowest BCUT2D eigenvalue weighted by atomic mass is 9.98. The lowest BCUT2D eigenvalue weighted by Gasteiger charge is -2.18. The van der Waals surface area contributed by atoms with Gasteiger partial charge in [0.25, 0.3) is 6.47 Å². The van der Waals surface area contributed by atoms with Gasteiger partial charge in [-0.3, -0.25) is 9.59 Å². The highest BCUT2D eigenvalue weighted by molar-refractivity contribution is 5.76. The van der Waals surface area contributed by atoms with Crippen LogP contribution in [0.1, 0.15) is 12.8 Å². The van der Waals surface area contributed by atoms with E-state index in [0.717, 1.165) is 25.9 Å². The van der Waals surface area contributed by atoms with Gasteiger partial charge >= 0.3 is 0 Å². The smallest absolute Gasteiger partial charge is 0.290 e. The van der Waals surface area contributed by atoms with Crippen molar-refractivity contribution in [1.82, 2.24) is 5.32 Å². The lowest BCUT2D eigenvalue weighted by molar-refractivity contribution is -0.123. The van der Waals surface area contributed by atoms with Crippen LogP contribution in [0.2, 0.25) is 0 Å². The molecule has 1 rings (SSSR count). The van der Waals surface area contributed by atoms with Gasteiger partial charge in [0.05, 0.1) is 0 Å². The molecule has 5 nitrogen and oxygen atoms in total. The fourth-order valence-electron chi connectivity index (χ4n) is 1.11. The van der Waals surface area contributed by atoms with Gasteiger partial charge < -0.3 is 16.2 Å². The molecule has 1 aliphatic heterocycles. The molecular formula is C7H14N2O3. The van der Waals surface area contributed by atoms with Gasteiger partial charge in [-0.1, -0.05) is 0 Å². The summed E-state index contributed by atoms with van der Waals surface area (Å²) >= 11 is 0. The summed E-state index contributed by atoms with van der Waals surface area (Å²) in [5.74, 6) is -0.0113. The van der Waals surface area contributed by atoms with Crippen LogP contribution in [0.15, 0.2) is 0 Å². The summed E-state index contributed by atoms with van der Waals surface area (Å²) in [6.45, 7) is 1.63. The highest BCUT2D eigenvalue weighted by atomic mass is 16.3. The number of amides is 1. The van der Waals surface area contributed by atoms with E-state index in [2.05, 4.69) is 5.32 Å². The second-order valence-electron chi connectivity index (χ2n) is 2.53. The van der Waals surface area contributed by atoms with Gasteiger partial charge in [-0.2, -0.15) is 0 Å². The molecular weight excluding hydrogens is 160 g/mol. The minimum atomic E-state index is -0.250. The minimum Gasteiger partial charge on any atom is -0.483 e. The first-order valence-electron chi connectivity index (χ1n) is 3.80. The van der Waals surface area contributed by atoms with E-state index < -0.39 is 0 Å². The van der Waals surface area contributed by atoms with Crippen LogP contribution in [-0.2, 0) is 9.59 Å². The van der Waals surface area contributed by atoms with Crippen molar-refractivity contribution in [3.63, 3.8) is 0 Å². The van der Waals surface area contributed by atoms with Gasteiger partial charge in [0.1, 0.15) is 0 Å². The summed E-state index contributed by atoms with van der Waals surface area (Å²) in [6.07, 6.45) is 1.82. The zero-order valence-corrected chi connectivity index (χ0v) is 6.82. The molecule has 0 unspecified atom stereocenters. The third-order valence-corrected chi connectivity index (χ3v) is 1.74. The zero-order chi connectivity index (χ0) is 9.40. The van der Waals surface area contributed by atoms with Crippen molar-refractivity contribution in [3.8, 4) is 0 Å². The van der Waals surface area contributed by atoms with Gasteiger partial charge in [-0.15, -0.1) is 0 Å². The Bertz CT molecular complexity index is 144. The van der Waals surface area contributed by atoms with E-state index in [4.69, 9.17) is 15.6 Å². The van der Waals surface area contributed by atoms with Gasteiger partial charge in [0, 0.05) is 5.92 Å². The molecule has 4 N–H and O–H groups in total. The predicted octanol–water partition coefficient (Wildman–Crippen LogP) is -0.828. The fraction of sp³-hybridized carbons (Fsp3) is 0.714. The number of piperidine rings is 1. The minimum absolute atomic E-state index is 0.131. The molecule has 1 fully saturated rings. The highest BCUT2D eigenvalue weighted by Crippen LogP contribution is 2.09. The van der Waals surface area contributed by atoms with E-state index in [1.54, 1.807) is 0 Å². The maximum atomic E-state index is 10.5. The number of hydrogen-bond donors (Lipinski definition) is 3. The quantitative estimate of drug-likeness (QED) is 0.452. The Hall–Kier alpha value is -1.10. The van der Waals surface area contributed by atoms with Crippen LogP contribution in [0.3, 0.4) is 0 Å². The third-order valence-electron chi connectivity index (χ3n) is 1.74. The summed E-state index contributed by atoms with van der Waals surface area (Å²) in [5.41, 5.74) is 5.10. The van der Waals surface area contributed by atoms with E-state index in [1.165, 1.54) is 0 Å². The first kappa shape index (κ1) is 10.9. The fourth-order valence-corrected chi connectivity index (χ4v) is 1.11. The van der Waals surface area contributed by atoms with E-state index >= 15 is 0 Å². The molecule has 0 saturated carbocycles. The van der Waals surface area contributed by atoms with E-state index in [0.29, 0.717) is 0 Å². The second kappa shape index (κ2) is 6.60. The van der Waals surface area contributed by atoms with E-state index in [9.17, 15) is 4.79 Å².